The quantitative estimate of drug-likeness (QED) is 0.115. The number of hydrogen-bond acceptors (Lipinski definition) is 12. The monoisotopic (exact) mass is 725 g/mol. The van der Waals surface area contributed by atoms with E-state index in [1.54, 1.807) is 6.92 Å². The third-order valence-corrected chi connectivity index (χ3v) is 10.8. The highest BCUT2D eigenvalue weighted by molar-refractivity contribution is 6.31. The first-order chi connectivity index (χ1) is 25.4. The van der Waals surface area contributed by atoms with Crippen molar-refractivity contribution in [2.24, 2.45) is 0 Å². The van der Waals surface area contributed by atoms with Crippen LogP contribution in [0.5, 0.6) is 17.2 Å². The molecule has 0 radical (unpaired) electrons. The third kappa shape index (κ3) is 6.61. The smallest absolute Gasteiger partial charge is 0.202 e. The van der Waals surface area contributed by atoms with Crippen LogP contribution in [0.3, 0.4) is 0 Å². The predicted molar refractivity (Wildman–Crippen MR) is 191 cm³/mol. The Hall–Kier alpha value is -4.66. The minimum atomic E-state index is -2.08. The summed E-state index contributed by atoms with van der Waals surface area (Å²) < 4.78 is 18.1. The molecule has 4 aromatic carbocycles. The Kier molecular flexibility index (Phi) is 10.1. The zero-order valence-electron chi connectivity index (χ0n) is 29.4. The van der Waals surface area contributed by atoms with Crippen molar-refractivity contribution < 1.29 is 54.4 Å². The first-order valence-corrected chi connectivity index (χ1v) is 17.6. The molecule has 6 N–H and O–H groups in total. The molecular weight excluding hydrogens is 682 g/mol. The Morgan fingerprint density at radius 1 is 0.887 bits per heavy atom. The van der Waals surface area contributed by atoms with Crippen molar-refractivity contribution in [1.29, 1.82) is 0 Å². The van der Waals surface area contributed by atoms with Crippen LogP contribution in [0.15, 0.2) is 78.9 Å². The Bertz CT molecular complexity index is 1960. The number of methoxy groups -OCH3 is 1. The molecule has 0 amide bonds. The second-order valence-corrected chi connectivity index (χ2v) is 14.1. The summed E-state index contributed by atoms with van der Waals surface area (Å²) in [5, 5.41) is 67.7. The molecule has 7 unspecified atom stereocenters. The Balaban J connectivity index is 1.28. The highest BCUT2D eigenvalue weighted by Crippen LogP contribution is 2.53. The molecule has 3 aliphatic rings. The summed E-state index contributed by atoms with van der Waals surface area (Å²) in [6, 6.07) is 23.6. The number of aliphatic hydroxyl groups excluding tert-OH is 3. The second-order valence-electron chi connectivity index (χ2n) is 14.1. The van der Waals surface area contributed by atoms with Gasteiger partial charge >= 0.3 is 0 Å². The fourth-order valence-electron chi connectivity index (χ4n) is 8.07. The van der Waals surface area contributed by atoms with Crippen LogP contribution in [0.2, 0.25) is 0 Å². The molecule has 7 rings (SSSR count). The highest BCUT2D eigenvalue weighted by atomic mass is 16.7. The van der Waals surface area contributed by atoms with E-state index in [-0.39, 0.29) is 40.8 Å². The number of aliphatic hydroxyl groups is 4. The number of phenols is 2. The molecule has 2 aliphatic carbocycles. The van der Waals surface area contributed by atoms with Gasteiger partial charge in [-0.3, -0.25) is 14.5 Å². The van der Waals surface area contributed by atoms with Crippen LogP contribution in [0.25, 0.3) is 0 Å². The fourth-order valence-corrected chi connectivity index (χ4v) is 8.07. The summed E-state index contributed by atoms with van der Waals surface area (Å²) in [6.45, 7) is 1.87. The number of carbonyl (C=O) groups is 2. The predicted octanol–water partition coefficient (Wildman–Crippen LogP) is 3.54. The number of ketones is 2. The summed E-state index contributed by atoms with van der Waals surface area (Å²) >= 11 is 0. The molecule has 1 heterocycles. The van der Waals surface area contributed by atoms with Gasteiger partial charge in [0.15, 0.2) is 12.1 Å². The summed E-state index contributed by atoms with van der Waals surface area (Å²) in [5.74, 6) is -2.65. The van der Waals surface area contributed by atoms with E-state index in [1.165, 1.54) is 25.3 Å². The SMILES string of the molecule is COc1cccc2c1C(=O)c1c(O)c3c(c(O)c1C2=O)CC(O)(C(O)CO)CC3OC1CC(N(Cc2ccccc2)Cc2ccccc2)C(O)C(C)O1. The van der Waals surface area contributed by atoms with Gasteiger partial charge in [0.05, 0.1) is 54.3 Å². The van der Waals surface area contributed by atoms with Crippen LogP contribution in [0.4, 0.5) is 0 Å². The molecule has 12 nitrogen and oxygen atoms in total. The zero-order valence-corrected chi connectivity index (χ0v) is 29.4. The van der Waals surface area contributed by atoms with Gasteiger partial charge < -0.3 is 44.8 Å². The molecule has 4 aromatic rings. The van der Waals surface area contributed by atoms with E-state index >= 15 is 0 Å². The molecule has 278 valence electrons. The molecular formula is C41H43NO11. The first kappa shape index (κ1) is 36.7. The second kappa shape index (κ2) is 14.6. The average molecular weight is 726 g/mol. The van der Waals surface area contributed by atoms with Crippen molar-refractivity contribution in [3.8, 4) is 17.2 Å². The van der Waals surface area contributed by atoms with Crippen LogP contribution < -0.4 is 4.74 Å². The molecule has 12 heteroatoms. The molecule has 0 bridgehead atoms. The maximum atomic E-state index is 14.0. The van der Waals surface area contributed by atoms with Crippen LogP contribution in [-0.2, 0) is 29.0 Å². The number of nitrogens with zero attached hydrogens (tertiary/aromatic N) is 1. The number of hydrogen-bond donors (Lipinski definition) is 6. The normalized spacial score (nSPS) is 25.8. The summed E-state index contributed by atoms with van der Waals surface area (Å²) in [6.07, 6.45) is -6.44. The molecule has 1 fully saturated rings. The first-order valence-electron chi connectivity index (χ1n) is 17.6. The topological polar surface area (TPSA) is 186 Å². The van der Waals surface area contributed by atoms with Gasteiger partial charge in [0.1, 0.15) is 23.4 Å². The lowest BCUT2D eigenvalue weighted by molar-refractivity contribution is -0.263. The molecule has 0 saturated carbocycles. The van der Waals surface area contributed by atoms with Crippen molar-refractivity contribution in [2.75, 3.05) is 13.7 Å². The van der Waals surface area contributed by atoms with Gasteiger partial charge in [-0.05, 0) is 24.1 Å². The van der Waals surface area contributed by atoms with Crippen molar-refractivity contribution in [2.45, 2.75) is 81.6 Å². The van der Waals surface area contributed by atoms with Crippen molar-refractivity contribution in [1.82, 2.24) is 4.90 Å². The molecule has 1 saturated heterocycles. The van der Waals surface area contributed by atoms with Gasteiger partial charge in [-0.1, -0.05) is 72.8 Å². The molecule has 0 aromatic heterocycles. The Morgan fingerprint density at radius 2 is 1.51 bits per heavy atom. The van der Waals surface area contributed by atoms with Crippen molar-refractivity contribution >= 4 is 11.6 Å². The van der Waals surface area contributed by atoms with Gasteiger partial charge in [0, 0.05) is 55.1 Å². The number of rotatable bonds is 10. The van der Waals surface area contributed by atoms with Crippen LogP contribution >= 0.6 is 0 Å². The van der Waals surface area contributed by atoms with Crippen LogP contribution in [-0.4, -0.2) is 97.1 Å². The third-order valence-electron chi connectivity index (χ3n) is 10.8. The largest absolute Gasteiger partial charge is 0.507 e. The standard InChI is InChI=1S/C41H43NO11/c1-22-36(45)27(42(19-23-10-5-3-6-11-23)20-24-12-7-4-8-13-24)16-31(52-22)53-29-18-41(50,30(44)21-43)17-26-33(29)40(49)35-34(38(26)47)37(46)25-14-9-15-28(51-2)32(25)39(35)48/h3-15,22,27,29-31,36,43-45,47,49-50H,16-21H2,1-2H3. The Labute approximate surface area is 306 Å². The van der Waals surface area contributed by atoms with Gasteiger partial charge in [0.25, 0.3) is 0 Å². The van der Waals surface area contributed by atoms with Gasteiger partial charge in [-0.2, -0.15) is 0 Å². The Morgan fingerprint density at radius 3 is 2.11 bits per heavy atom. The maximum absolute atomic E-state index is 14.0. The maximum Gasteiger partial charge on any atom is 0.202 e. The van der Waals surface area contributed by atoms with Crippen LogP contribution in [0, 0.1) is 0 Å². The van der Waals surface area contributed by atoms with Crippen molar-refractivity contribution in [3.05, 3.63) is 123 Å². The number of benzene rings is 4. The van der Waals surface area contributed by atoms with Gasteiger partial charge in [-0.25, -0.2) is 0 Å². The summed E-state index contributed by atoms with van der Waals surface area (Å²) in [7, 11) is 1.35. The number of aromatic hydroxyl groups is 2. The van der Waals surface area contributed by atoms with E-state index in [9.17, 15) is 40.2 Å². The lowest BCUT2D eigenvalue weighted by Crippen LogP contribution is -2.55. The highest BCUT2D eigenvalue weighted by Gasteiger charge is 2.50. The van der Waals surface area contributed by atoms with E-state index < -0.39 is 89.6 Å². The summed E-state index contributed by atoms with van der Waals surface area (Å²) in [5.41, 5.74) is -1.19. The van der Waals surface area contributed by atoms with Gasteiger partial charge in [-0.15, -0.1) is 0 Å². The van der Waals surface area contributed by atoms with Gasteiger partial charge in [0.2, 0.25) is 5.78 Å². The minimum Gasteiger partial charge on any atom is -0.507 e. The fraction of sp³-hybridized carbons (Fsp3) is 0.366. The molecule has 0 spiro atoms. The number of fused-ring (bicyclic) bond motifs is 3. The van der Waals surface area contributed by atoms with Crippen molar-refractivity contribution in [3.63, 3.8) is 0 Å². The average Bonchev–Trinajstić information content (AvgIpc) is 3.16. The molecule has 53 heavy (non-hydrogen) atoms. The van der Waals surface area contributed by atoms with Crippen LogP contribution in [0.1, 0.15) is 80.0 Å². The van der Waals surface area contributed by atoms with E-state index in [4.69, 9.17) is 14.2 Å². The summed E-state index contributed by atoms with van der Waals surface area (Å²) in [4.78, 5) is 30.0. The number of ether oxygens (including phenoxy) is 3. The lowest BCUT2D eigenvalue weighted by Gasteiger charge is -2.46. The minimum absolute atomic E-state index is 0.0319. The zero-order chi connectivity index (χ0) is 37.6. The number of carbonyl (C=O) groups excluding carboxylic acids is 2. The number of phenolic OH excluding ortho intramolecular Hbond substituents is 2. The van der Waals surface area contributed by atoms with E-state index in [0.717, 1.165) is 11.1 Å². The molecule has 1 aliphatic heterocycles. The van der Waals surface area contributed by atoms with E-state index in [2.05, 4.69) is 4.90 Å². The van der Waals surface area contributed by atoms with E-state index in [1.807, 2.05) is 60.7 Å². The molecule has 7 atom stereocenters. The van der Waals surface area contributed by atoms with E-state index in [0.29, 0.717) is 13.1 Å². The lowest BCUT2D eigenvalue weighted by atomic mass is 9.71.